The summed E-state index contributed by atoms with van der Waals surface area (Å²) in [6, 6.07) is 13.8. The summed E-state index contributed by atoms with van der Waals surface area (Å²) in [6.45, 7) is 4.66. The summed E-state index contributed by atoms with van der Waals surface area (Å²) >= 11 is 0. The number of hydrogen-bond donors (Lipinski definition) is 0. The third kappa shape index (κ3) is 4.18. The molecule has 1 unspecified atom stereocenters. The molecule has 35 heavy (non-hydrogen) atoms. The zero-order valence-corrected chi connectivity index (χ0v) is 19.6. The molecule has 7 heteroatoms. The van der Waals surface area contributed by atoms with Crippen molar-refractivity contribution in [1.29, 1.82) is 0 Å². The number of unbranched alkanes of at least 4 members (excludes halogenated alkanes) is 2. The van der Waals surface area contributed by atoms with Crippen molar-refractivity contribution in [1.82, 2.24) is 4.98 Å². The summed E-state index contributed by atoms with van der Waals surface area (Å²) < 4.78 is 25.6. The number of benzene rings is 2. The number of halogens is 1. The molecule has 0 aliphatic carbocycles. The molecule has 6 nitrogen and oxygen atoms in total. The van der Waals surface area contributed by atoms with E-state index in [1.165, 1.54) is 17.0 Å². The number of fused-ring (bicyclic) bond motifs is 2. The van der Waals surface area contributed by atoms with Crippen molar-refractivity contribution >= 4 is 22.7 Å². The summed E-state index contributed by atoms with van der Waals surface area (Å²) in [5, 5.41) is 0.0937. The minimum Gasteiger partial charge on any atom is -0.494 e. The number of amides is 1. The first-order valence-electron chi connectivity index (χ1n) is 11.7. The molecule has 2 aromatic carbocycles. The van der Waals surface area contributed by atoms with Gasteiger partial charge in [0.1, 0.15) is 23.0 Å². The van der Waals surface area contributed by atoms with Crippen LogP contribution in [0.25, 0.3) is 11.0 Å². The average molecular weight is 473 g/mol. The van der Waals surface area contributed by atoms with Crippen molar-refractivity contribution in [2.24, 2.45) is 0 Å². The number of carbonyl (C=O) groups is 1. The Morgan fingerprint density at radius 3 is 2.57 bits per heavy atom. The van der Waals surface area contributed by atoms with E-state index in [0.717, 1.165) is 30.9 Å². The first-order chi connectivity index (χ1) is 17.0. The molecule has 1 aliphatic heterocycles. The fraction of sp³-hybridized carbons (Fsp3) is 0.250. The highest BCUT2D eigenvalue weighted by molar-refractivity contribution is 6.10. The number of pyridine rings is 1. The number of rotatable bonds is 7. The van der Waals surface area contributed by atoms with Gasteiger partial charge in [-0.1, -0.05) is 38.0 Å². The molecular weight excluding hydrogens is 447 g/mol. The van der Waals surface area contributed by atoms with E-state index in [2.05, 4.69) is 11.9 Å². The van der Waals surface area contributed by atoms with Gasteiger partial charge >= 0.3 is 0 Å². The summed E-state index contributed by atoms with van der Waals surface area (Å²) in [4.78, 5) is 33.0. The standard InChI is InChI=1S/C28H25FN2O4/c1-3-4-5-14-34-20-10-7-18(8-11-20)25-24-26(32)21-15-19(29)9-12-22(21)35-27(24)28(33)31(25)23-13-6-17(2)16-30-23/h6-13,15-16,25H,3-5,14H2,1-2H3. The average Bonchev–Trinajstić information content (AvgIpc) is 3.16. The highest BCUT2D eigenvalue weighted by Crippen LogP contribution is 2.41. The molecule has 0 bridgehead atoms. The van der Waals surface area contributed by atoms with Gasteiger partial charge in [0.15, 0.2) is 5.43 Å². The van der Waals surface area contributed by atoms with Crippen LogP contribution in [0.15, 0.2) is 70.0 Å². The molecule has 0 saturated heterocycles. The van der Waals surface area contributed by atoms with Crippen LogP contribution < -0.4 is 15.1 Å². The SMILES string of the molecule is CCCCCOc1ccc(C2c3c(oc4ccc(F)cc4c3=O)C(=O)N2c2ccc(C)cn2)cc1. The molecule has 0 N–H and O–H groups in total. The van der Waals surface area contributed by atoms with Gasteiger partial charge in [0.2, 0.25) is 5.76 Å². The number of hydrogen-bond acceptors (Lipinski definition) is 5. The van der Waals surface area contributed by atoms with E-state index in [1.807, 2.05) is 37.3 Å². The van der Waals surface area contributed by atoms with Crippen LogP contribution in [0.1, 0.15) is 59.5 Å². The topological polar surface area (TPSA) is 72.6 Å². The molecule has 0 saturated carbocycles. The fourth-order valence-corrected chi connectivity index (χ4v) is 4.39. The van der Waals surface area contributed by atoms with Crippen LogP contribution in [0.5, 0.6) is 5.75 Å². The van der Waals surface area contributed by atoms with Crippen LogP contribution in [-0.4, -0.2) is 17.5 Å². The van der Waals surface area contributed by atoms with Crippen molar-refractivity contribution in [3.63, 3.8) is 0 Å². The molecule has 5 rings (SSSR count). The van der Waals surface area contributed by atoms with Gasteiger partial charge in [-0.05, 0) is 60.9 Å². The molecule has 0 fully saturated rings. The molecule has 3 heterocycles. The lowest BCUT2D eigenvalue weighted by atomic mass is 9.98. The smallest absolute Gasteiger partial charge is 0.296 e. The Morgan fingerprint density at radius 2 is 1.86 bits per heavy atom. The van der Waals surface area contributed by atoms with Crippen molar-refractivity contribution in [3.8, 4) is 5.75 Å². The Balaban J connectivity index is 1.62. The second kappa shape index (κ2) is 9.33. The zero-order chi connectivity index (χ0) is 24.5. The minimum absolute atomic E-state index is 0.0543. The van der Waals surface area contributed by atoms with Crippen LogP contribution in [0.4, 0.5) is 10.2 Å². The van der Waals surface area contributed by atoms with Gasteiger partial charge in [0, 0.05) is 6.20 Å². The first kappa shape index (κ1) is 22.8. The lowest BCUT2D eigenvalue weighted by molar-refractivity contribution is 0.0970. The van der Waals surface area contributed by atoms with Gasteiger partial charge in [-0.25, -0.2) is 9.37 Å². The molecule has 4 aromatic rings. The number of anilines is 1. The molecule has 178 valence electrons. The van der Waals surface area contributed by atoms with Crippen molar-refractivity contribution < 1.29 is 18.3 Å². The van der Waals surface area contributed by atoms with Crippen LogP contribution in [0, 0.1) is 12.7 Å². The number of ether oxygens (including phenoxy) is 1. The van der Waals surface area contributed by atoms with E-state index >= 15 is 0 Å². The Kier molecular flexibility index (Phi) is 6.07. The van der Waals surface area contributed by atoms with Gasteiger partial charge in [0.05, 0.1) is 23.6 Å². The summed E-state index contributed by atoms with van der Waals surface area (Å²) in [7, 11) is 0. The summed E-state index contributed by atoms with van der Waals surface area (Å²) in [5.74, 6) is 0.0340. The van der Waals surface area contributed by atoms with Crippen molar-refractivity contribution in [2.45, 2.75) is 39.2 Å². The minimum atomic E-state index is -0.772. The maximum Gasteiger partial charge on any atom is 0.296 e. The van der Waals surface area contributed by atoms with Crippen LogP contribution >= 0.6 is 0 Å². The first-order valence-corrected chi connectivity index (χ1v) is 11.7. The Labute approximate surface area is 202 Å². The summed E-state index contributed by atoms with van der Waals surface area (Å²) in [6.07, 6.45) is 4.85. The Bertz CT molecular complexity index is 1450. The van der Waals surface area contributed by atoms with Gasteiger partial charge in [-0.15, -0.1) is 0 Å². The van der Waals surface area contributed by atoms with E-state index in [0.29, 0.717) is 23.7 Å². The molecule has 0 radical (unpaired) electrons. The Hall–Kier alpha value is -4.00. The number of aromatic nitrogens is 1. The number of nitrogens with zero attached hydrogens (tertiary/aromatic N) is 2. The maximum atomic E-state index is 14.0. The lowest BCUT2D eigenvalue weighted by Crippen LogP contribution is -2.30. The largest absolute Gasteiger partial charge is 0.494 e. The van der Waals surface area contributed by atoms with E-state index in [9.17, 15) is 14.0 Å². The second-order valence-electron chi connectivity index (χ2n) is 8.71. The van der Waals surface area contributed by atoms with E-state index in [-0.39, 0.29) is 22.3 Å². The lowest BCUT2D eigenvalue weighted by Gasteiger charge is -2.24. The van der Waals surface area contributed by atoms with Gasteiger partial charge in [0.25, 0.3) is 5.91 Å². The highest BCUT2D eigenvalue weighted by Gasteiger charge is 2.44. The quantitative estimate of drug-likeness (QED) is 0.311. The predicted molar refractivity (Wildman–Crippen MR) is 132 cm³/mol. The van der Waals surface area contributed by atoms with Crippen molar-refractivity contribution in [3.05, 3.63) is 99.3 Å². The molecule has 0 spiro atoms. The van der Waals surface area contributed by atoms with E-state index in [1.54, 1.807) is 12.3 Å². The molecular formula is C28H25FN2O4. The zero-order valence-electron chi connectivity index (χ0n) is 19.6. The van der Waals surface area contributed by atoms with Crippen LogP contribution in [0.3, 0.4) is 0 Å². The fourth-order valence-electron chi connectivity index (χ4n) is 4.39. The maximum absolute atomic E-state index is 14.0. The van der Waals surface area contributed by atoms with E-state index < -0.39 is 23.2 Å². The molecule has 1 amide bonds. The van der Waals surface area contributed by atoms with Gasteiger partial charge < -0.3 is 9.15 Å². The Morgan fingerprint density at radius 1 is 1.06 bits per heavy atom. The third-order valence-electron chi connectivity index (χ3n) is 6.19. The van der Waals surface area contributed by atoms with Crippen LogP contribution in [0.2, 0.25) is 0 Å². The second-order valence-corrected chi connectivity index (χ2v) is 8.71. The molecule has 2 aromatic heterocycles. The van der Waals surface area contributed by atoms with Crippen molar-refractivity contribution in [2.75, 3.05) is 11.5 Å². The summed E-state index contributed by atoms with van der Waals surface area (Å²) in [5.41, 5.74) is 1.54. The number of carbonyl (C=O) groups excluding carboxylic acids is 1. The van der Waals surface area contributed by atoms with Gasteiger partial charge in [-0.3, -0.25) is 14.5 Å². The molecule has 1 atom stereocenters. The van der Waals surface area contributed by atoms with E-state index in [4.69, 9.17) is 9.15 Å². The number of aryl methyl sites for hydroxylation is 1. The molecule has 1 aliphatic rings. The monoisotopic (exact) mass is 472 g/mol. The predicted octanol–water partition coefficient (Wildman–Crippen LogP) is 5.95. The van der Waals surface area contributed by atoms with Gasteiger partial charge in [-0.2, -0.15) is 0 Å². The van der Waals surface area contributed by atoms with Crippen LogP contribution in [-0.2, 0) is 0 Å². The normalized spacial score (nSPS) is 15.0. The highest BCUT2D eigenvalue weighted by atomic mass is 19.1. The third-order valence-corrected chi connectivity index (χ3v) is 6.19.